The van der Waals surface area contributed by atoms with E-state index in [9.17, 15) is 8.42 Å². The van der Waals surface area contributed by atoms with Crippen LogP contribution in [-0.4, -0.2) is 38.0 Å². The van der Waals surface area contributed by atoms with E-state index < -0.39 is 10.0 Å². The van der Waals surface area contributed by atoms with Crippen molar-refractivity contribution in [3.63, 3.8) is 0 Å². The fourth-order valence-corrected chi connectivity index (χ4v) is 5.62. The van der Waals surface area contributed by atoms with Crippen LogP contribution >= 0.6 is 15.9 Å². The molecule has 2 fully saturated rings. The molecule has 8 heteroatoms. The Bertz CT molecular complexity index is 601. The summed E-state index contributed by atoms with van der Waals surface area (Å²) in [6, 6.07) is 1.44. The zero-order valence-corrected chi connectivity index (χ0v) is 13.3. The Morgan fingerprint density at radius 2 is 2.25 bits per heavy atom. The molecule has 0 aromatic carbocycles. The highest BCUT2D eigenvalue weighted by atomic mass is 79.9. The van der Waals surface area contributed by atoms with Gasteiger partial charge < -0.3 is 14.9 Å². The lowest BCUT2D eigenvalue weighted by molar-refractivity contribution is -0.0242. The molecule has 1 saturated heterocycles. The summed E-state index contributed by atoms with van der Waals surface area (Å²) in [7, 11) is -3.58. The third kappa shape index (κ3) is 2.33. The number of morpholine rings is 1. The topological polar surface area (TPSA) is 85.8 Å². The van der Waals surface area contributed by atoms with E-state index in [1.165, 1.54) is 6.07 Å². The molecule has 112 valence electrons. The summed E-state index contributed by atoms with van der Waals surface area (Å²) < 4.78 is 38.4. The third-order valence-electron chi connectivity index (χ3n) is 3.93. The number of hydrogen-bond donors (Lipinski definition) is 1. The van der Waals surface area contributed by atoms with E-state index in [2.05, 4.69) is 15.9 Å². The number of ether oxygens (including phenoxy) is 1. The second-order valence-electron chi connectivity index (χ2n) is 5.08. The van der Waals surface area contributed by atoms with Gasteiger partial charge in [-0.15, -0.1) is 0 Å². The molecule has 0 bridgehead atoms. The molecule has 6 nitrogen and oxygen atoms in total. The van der Waals surface area contributed by atoms with E-state index in [4.69, 9.17) is 14.9 Å². The van der Waals surface area contributed by atoms with Gasteiger partial charge in [0.15, 0.2) is 4.67 Å². The van der Waals surface area contributed by atoms with Crippen LogP contribution in [0.4, 0.5) is 0 Å². The molecule has 2 aliphatic rings. The van der Waals surface area contributed by atoms with Crippen LogP contribution in [0.1, 0.15) is 25.0 Å². The standard InChI is InChI=1S/C12H17BrN2O4S/c13-12-11(6-8(7-14)19-12)20(16,17)15-4-5-18-10-3-1-2-9(10)15/h6,9-10H,1-5,7,14H2. The first kappa shape index (κ1) is 14.5. The lowest BCUT2D eigenvalue weighted by Crippen LogP contribution is -2.51. The Balaban J connectivity index is 1.96. The van der Waals surface area contributed by atoms with E-state index in [0.717, 1.165) is 19.3 Å². The fourth-order valence-electron chi connectivity index (χ4n) is 2.99. The lowest BCUT2D eigenvalue weighted by atomic mass is 10.2. The molecule has 2 unspecified atom stereocenters. The van der Waals surface area contributed by atoms with Gasteiger partial charge in [-0.05, 0) is 35.2 Å². The third-order valence-corrected chi connectivity index (χ3v) is 6.71. The smallest absolute Gasteiger partial charge is 0.247 e. The predicted molar refractivity (Wildman–Crippen MR) is 75.6 cm³/mol. The maximum atomic E-state index is 12.8. The highest BCUT2D eigenvalue weighted by Gasteiger charge is 2.43. The number of fused-ring (bicyclic) bond motifs is 1. The van der Waals surface area contributed by atoms with E-state index >= 15 is 0 Å². The Kier molecular flexibility index (Phi) is 3.93. The van der Waals surface area contributed by atoms with Crippen molar-refractivity contribution in [2.75, 3.05) is 13.2 Å². The second-order valence-corrected chi connectivity index (χ2v) is 7.66. The Hall–Kier alpha value is -0.410. The van der Waals surface area contributed by atoms with Gasteiger partial charge in [0.2, 0.25) is 10.0 Å². The number of nitrogens with zero attached hydrogens (tertiary/aromatic N) is 1. The Morgan fingerprint density at radius 3 is 2.95 bits per heavy atom. The predicted octanol–water partition coefficient (Wildman–Crippen LogP) is 1.44. The average molecular weight is 365 g/mol. The molecule has 1 aromatic heterocycles. The molecule has 1 aromatic rings. The van der Waals surface area contributed by atoms with E-state index in [0.29, 0.717) is 18.9 Å². The molecular formula is C12H17BrN2O4S. The largest absolute Gasteiger partial charge is 0.452 e. The molecule has 20 heavy (non-hydrogen) atoms. The van der Waals surface area contributed by atoms with Crippen LogP contribution in [0.25, 0.3) is 0 Å². The highest BCUT2D eigenvalue weighted by Crippen LogP contribution is 2.36. The lowest BCUT2D eigenvalue weighted by Gasteiger charge is -2.36. The maximum Gasteiger partial charge on any atom is 0.247 e. The summed E-state index contributed by atoms with van der Waals surface area (Å²) in [5, 5.41) is 0. The first-order valence-electron chi connectivity index (χ1n) is 6.66. The van der Waals surface area contributed by atoms with Crippen molar-refractivity contribution >= 4 is 26.0 Å². The van der Waals surface area contributed by atoms with Gasteiger partial charge in [0.1, 0.15) is 10.7 Å². The first-order chi connectivity index (χ1) is 9.54. The zero-order valence-electron chi connectivity index (χ0n) is 10.9. The molecule has 3 rings (SSSR count). The van der Waals surface area contributed by atoms with Crippen molar-refractivity contribution in [3.8, 4) is 0 Å². The van der Waals surface area contributed by atoms with Crippen LogP contribution in [0.3, 0.4) is 0 Å². The van der Waals surface area contributed by atoms with Crippen molar-refractivity contribution in [1.82, 2.24) is 4.31 Å². The highest BCUT2D eigenvalue weighted by molar-refractivity contribution is 9.10. The molecule has 2 heterocycles. The molecule has 0 spiro atoms. The van der Waals surface area contributed by atoms with Crippen LogP contribution in [0.15, 0.2) is 20.0 Å². The van der Waals surface area contributed by atoms with E-state index in [-0.39, 0.29) is 28.3 Å². The Morgan fingerprint density at radius 1 is 1.45 bits per heavy atom. The van der Waals surface area contributed by atoms with E-state index in [1.54, 1.807) is 4.31 Å². The van der Waals surface area contributed by atoms with Crippen LogP contribution in [0.5, 0.6) is 0 Å². The monoisotopic (exact) mass is 364 g/mol. The van der Waals surface area contributed by atoms with Crippen molar-refractivity contribution in [1.29, 1.82) is 0 Å². The van der Waals surface area contributed by atoms with Gasteiger partial charge in [-0.3, -0.25) is 0 Å². The van der Waals surface area contributed by atoms with Gasteiger partial charge in [-0.1, -0.05) is 0 Å². The van der Waals surface area contributed by atoms with Crippen LogP contribution in [0.2, 0.25) is 0 Å². The van der Waals surface area contributed by atoms with Crippen LogP contribution < -0.4 is 5.73 Å². The molecule has 1 aliphatic carbocycles. The van der Waals surface area contributed by atoms with Crippen molar-refractivity contribution in [3.05, 3.63) is 16.5 Å². The number of rotatable bonds is 3. The van der Waals surface area contributed by atoms with Crippen molar-refractivity contribution in [2.45, 2.75) is 42.8 Å². The fraction of sp³-hybridized carbons (Fsp3) is 0.667. The number of halogens is 1. The van der Waals surface area contributed by atoms with Gasteiger partial charge in [0.25, 0.3) is 0 Å². The molecule has 0 amide bonds. The van der Waals surface area contributed by atoms with Gasteiger partial charge in [-0.25, -0.2) is 8.42 Å². The molecule has 1 aliphatic heterocycles. The van der Waals surface area contributed by atoms with E-state index in [1.807, 2.05) is 0 Å². The van der Waals surface area contributed by atoms with Crippen LogP contribution in [0, 0.1) is 0 Å². The molecule has 0 radical (unpaired) electrons. The number of nitrogens with two attached hydrogens (primary N) is 1. The molecule has 2 atom stereocenters. The van der Waals surface area contributed by atoms with Gasteiger partial charge in [0.05, 0.1) is 25.3 Å². The number of furan rings is 1. The zero-order chi connectivity index (χ0) is 14.3. The minimum Gasteiger partial charge on any atom is -0.452 e. The molecular weight excluding hydrogens is 348 g/mol. The van der Waals surface area contributed by atoms with Gasteiger partial charge >= 0.3 is 0 Å². The molecule has 1 saturated carbocycles. The SMILES string of the molecule is NCc1cc(S(=O)(=O)N2CCOC3CCCC32)c(Br)o1. The first-order valence-corrected chi connectivity index (χ1v) is 8.89. The maximum absolute atomic E-state index is 12.8. The van der Waals surface area contributed by atoms with Crippen LogP contribution in [-0.2, 0) is 21.3 Å². The van der Waals surface area contributed by atoms with Gasteiger partial charge in [-0.2, -0.15) is 4.31 Å². The normalized spacial score (nSPS) is 27.7. The second kappa shape index (κ2) is 5.42. The minimum absolute atomic E-state index is 0.0261. The summed E-state index contributed by atoms with van der Waals surface area (Å²) in [6.07, 6.45) is 2.81. The number of sulfonamides is 1. The summed E-state index contributed by atoms with van der Waals surface area (Å²) >= 11 is 3.17. The summed E-state index contributed by atoms with van der Waals surface area (Å²) in [5.74, 6) is 0.451. The van der Waals surface area contributed by atoms with Crippen molar-refractivity contribution in [2.24, 2.45) is 5.73 Å². The Labute approximate surface area is 126 Å². The van der Waals surface area contributed by atoms with Crippen molar-refractivity contribution < 1.29 is 17.6 Å². The number of hydrogen-bond acceptors (Lipinski definition) is 5. The summed E-state index contributed by atoms with van der Waals surface area (Å²) in [6.45, 7) is 1.00. The quantitative estimate of drug-likeness (QED) is 0.876. The summed E-state index contributed by atoms with van der Waals surface area (Å²) in [4.78, 5) is 0.158. The average Bonchev–Trinajstić information content (AvgIpc) is 3.03. The van der Waals surface area contributed by atoms with Gasteiger partial charge in [0, 0.05) is 12.6 Å². The minimum atomic E-state index is -3.58. The molecule has 2 N–H and O–H groups in total. The summed E-state index contributed by atoms with van der Waals surface area (Å²) in [5.41, 5.74) is 5.50.